The van der Waals surface area contributed by atoms with E-state index in [9.17, 15) is 4.79 Å². The number of carbonyl (C=O) groups is 1. The van der Waals surface area contributed by atoms with E-state index in [1.54, 1.807) is 0 Å². The van der Waals surface area contributed by atoms with Gasteiger partial charge in [0.2, 0.25) is 0 Å². The van der Waals surface area contributed by atoms with Crippen molar-refractivity contribution in [2.45, 2.75) is 25.9 Å². The molecule has 1 atom stereocenters. The van der Waals surface area contributed by atoms with Gasteiger partial charge in [-0.1, -0.05) is 17.7 Å². The van der Waals surface area contributed by atoms with Crippen LogP contribution in [0.4, 0.5) is 0 Å². The highest BCUT2D eigenvalue weighted by Crippen LogP contribution is 2.15. The van der Waals surface area contributed by atoms with Gasteiger partial charge in [-0.15, -0.1) is 0 Å². The van der Waals surface area contributed by atoms with Gasteiger partial charge >= 0.3 is 0 Å². The van der Waals surface area contributed by atoms with Crippen LogP contribution in [0.2, 0.25) is 0 Å². The van der Waals surface area contributed by atoms with Gasteiger partial charge in [-0.2, -0.15) is 0 Å². The smallest absolute Gasteiger partial charge is 0.253 e. The Kier molecular flexibility index (Phi) is 5.76. The van der Waals surface area contributed by atoms with Crippen molar-refractivity contribution in [2.24, 2.45) is 0 Å². The minimum absolute atomic E-state index is 0.104. The van der Waals surface area contributed by atoms with Gasteiger partial charge in [0.05, 0.1) is 6.10 Å². The molecule has 1 amide bonds. The lowest BCUT2D eigenvalue weighted by Gasteiger charge is -2.27. The molecule has 0 bridgehead atoms. The van der Waals surface area contributed by atoms with Crippen LogP contribution in [0.3, 0.4) is 0 Å². The first kappa shape index (κ1) is 16.0. The van der Waals surface area contributed by atoms with Gasteiger partial charge in [0.15, 0.2) is 0 Å². The summed E-state index contributed by atoms with van der Waals surface area (Å²) < 4.78 is 5.69. The second-order valence-corrected chi connectivity index (χ2v) is 6.06. The van der Waals surface area contributed by atoms with E-state index in [-0.39, 0.29) is 12.0 Å². The zero-order valence-electron chi connectivity index (χ0n) is 13.3. The number of carbonyl (C=O) groups excluding carboxylic acids is 1. The maximum Gasteiger partial charge on any atom is 0.253 e. The van der Waals surface area contributed by atoms with E-state index in [1.807, 2.05) is 50.2 Å². The SMILES string of the molecule is Cc1ccc(C(=O)N(CCN(C)C)CC2CCCO2)cc1. The molecule has 0 N–H and O–H groups in total. The van der Waals surface area contributed by atoms with E-state index in [1.165, 1.54) is 5.56 Å². The Bertz CT molecular complexity index is 450. The molecule has 21 heavy (non-hydrogen) atoms. The highest BCUT2D eigenvalue weighted by atomic mass is 16.5. The van der Waals surface area contributed by atoms with Gasteiger partial charge in [0, 0.05) is 31.8 Å². The fourth-order valence-electron chi connectivity index (χ4n) is 2.51. The van der Waals surface area contributed by atoms with E-state index < -0.39 is 0 Å². The lowest BCUT2D eigenvalue weighted by Crippen LogP contribution is -2.41. The second-order valence-electron chi connectivity index (χ2n) is 6.06. The molecule has 4 nitrogen and oxygen atoms in total. The number of hydrogen-bond donors (Lipinski definition) is 0. The highest BCUT2D eigenvalue weighted by Gasteiger charge is 2.23. The predicted molar refractivity (Wildman–Crippen MR) is 84.6 cm³/mol. The second kappa shape index (κ2) is 7.57. The first-order valence-electron chi connectivity index (χ1n) is 7.68. The molecular weight excluding hydrogens is 264 g/mol. The first-order valence-corrected chi connectivity index (χ1v) is 7.68. The number of aryl methyl sites for hydroxylation is 1. The summed E-state index contributed by atoms with van der Waals surface area (Å²) in [5, 5.41) is 0. The number of nitrogens with zero attached hydrogens (tertiary/aromatic N) is 2. The summed E-state index contributed by atoms with van der Waals surface area (Å²) in [4.78, 5) is 16.7. The third kappa shape index (κ3) is 4.83. The van der Waals surface area contributed by atoms with Crippen molar-refractivity contribution in [3.05, 3.63) is 35.4 Å². The Balaban J connectivity index is 2.04. The molecule has 0 radical (unpaired) electrons. The molecule has 4 heteroatoms. The van der Waals surface area contributed by atoms with E-state index >= 15 is 0 Å². The summed E-state index contributed by atoms with van der Waals surface area (Å²) in [6.45, 7) is 5.15. The molecule has 1 aromatic rings. The maximum atomic E-state index is 12.7. The van der Waals surface area contributed by atoms with Crippen LogP contribution in [-0.2, 0) is 4.74 Å². The molecule has 1 fully saturated rings. The third-order valence-electron chi connectivity index (χ3n) is 3.85. The molecule has 2 rings (SSSR count). The van der Waals surface area contributed by atoms with Gasteiger partial charge in [-0.25, -0.2) is 0 Å². The Morgan fingerprint density at radius 1 is 1.24 bits per heavy atom. The van der Waals surface area contributed by atoms with Gasteiger partial charge in [-0.05, 0) is 46.0 Å². The molecule has 0 aliphatic carbocycles. The van der Waals surface area contributed by atoms with Crippen LogP contribution in [0, 0.1) is 6.92 Å². The lowest BCUT2D eigenvalue weighted by molar-refractivity contribution is 0.0512. The highest BCUT2D eigenvalue weighted by molar-refractivity contribution is 5.94. The largest absolute Gasteiger partial charge is 0.376 e. The molecule has 1 unspecified atom stereocenters. The van der Waals surface area contributed by atoms with Crippen LogP contribution in [0.25, 0.3) is 0 Å². The van der Waals surface area contributed by atoms with Crippen molar-refractivity contribution >= 4 is 5.91 Å². The Morgan fingerprint density at radius 3 is 2.52 bits per heavy atom. The van der Waals surface area contributed by atoms with E-state index in [4.69, 9.17) is 4.74 Å². The number of benzene rings is 1. The van der Waals surface area contributed by atoms with Crippen molar-refractivity contribution in [1.82, 2.24) is 9.80 Å². The average molecular weight is 290 g/mol. The van der Waals surface area contributed by atoms with Crippen molar-refractivity contribution < 1.29 is 9.53 Å². The Labute approximate surface area is 127 Å². The molecule has 1 aliphatic rings. The average Bonchev–Trinajstić information content (AvgIpc) is 2.96. The van der Waals surface area contributed by atoms with E-state index in [0.717, 1.165) is 38.1 Å². The number of rotatable bonds is 6. The summed E-state index contributed by atoms with van der Waals surface area (Å²) in [5.74, 6) is 0.104. The molecule has 0 aromatic heterocycles. The van der Waals surface area contributed by atoms with Gasteiger partial charge in [0.1, 0.15) is 0 Å². The zero-order valence-corrected chi connectivity index (χ0v) is 13.3. The van der Waals surface area contributed by atoms with Crippen LogP contribution in [-0.4, -0.2) is 62.1 Å². The topological polar surface area (TPSA) is 32.8 Å². The summed E-state index contributed by atoms with van der Waals surface area (Å²) in [6, 6.07) is 7.80. The molecule has 1 heterocycles. The van der Waals surface area contributed by atoms with Gasteiger partial charge < -0.3 is 14.5 Å². The normalized spacial score (nSPS) is 18.2. The predicted octanol–water partition coefficient (Wildman–Crippen LogP) is 2.18. The van der Waals surface area contributed by atoms with Gasteiger partial charge in [0.25, 0.3) is 5.91 Å². The van der Waals surface area contributed by atoms with Crippen molar-refractivity contribution in [1.29, 1.82) is 0 Å². The van der Waals surface area contributed by atoms with Crippen molar-refractivity contribution in [2.75, 3.05) is 40.3 Å². The minimum atomic E-state index is 0.104. The standard InChI is InChI=1S/C17H26N2O2/c1-14-6-8-15(9-7-14)17(20)19(11-10-18(2)3)13-16-5-4-12-21-16/h6-9,16H,4-5,10-13H2,1-3H3. The van der Waals surface area contributed by atoms with Crippen molar-refractivity contribution in [3.63, 3.8) is 0 Å². The monoisotopic (exact) mass is 290 g/mol. The van der Waals surface area contributed by atoms with Crippen LogP contribution in [0.15, 0.2) is 24.3 Å². The van der Waals surface area contributed by atoms with E-state index in [2.05, 4.69) is 4.90 Å². The summed E-state index contributed by atoms with van der Waals surface area (Å²) in [7, 11) is 4.06. The molecule has 0 saturated carbocycles. The first-order chi connectivity index (χ1) is 10.1. The maximum absolute atomic E-state index is 12.7. The number of ether oxygens (including phenoxy) is 1. The Hall–Kier alpha value is -1.39. The van der Waals surface area contributed by atoms with Crippen molar-refractivity contribution in [3.8, 4) is 0 Å². The van der Waals surface area contributed by atoms with E-state index in [0.29, 0.717) is 6.54 Å². The molecule has 1 saturated heterocycles. The molecule has 1 aromatic carbocycles. The number of likely N-dealkylation sites (N-methyl/N-ethyl adjacent to an activating group) is 1. The Morgan fingerprint density at radius 2 is 1.95 bits per heavy atom. The van der Waals surface area contributed by atoms with Gasteiger partial charge in [-0.3, -0.25) is 4.79 Å². The lowest BCUT2D eigenvalue weighted by atomic mass is 10.1. The fraction of sp³-hybridized carbons (Fsp3) is 0.588. The van der Waals surface area contributed by atoms with Crippen LogP contribution in [0.1, 0.15) is 28.8 Å². The summed E-state index contributed by atoms with van der Waals surface area (Å²) in [5.41, 5.74) is 1.93. The molecular formula is C17H26N2O2. The quantitative estimate of drug-likeness (QED) is 0.805. The minimum Gasteiger partial charge on any atom is -0.376 e. The number of amides is 1. The summed E-state index contributed by atoms with van der Waals surface area (Å²) in [6.07, 6.45) is 2.35. The fourth-order valence-corrected chi connectivity index (χ4v) is 2.51. The number of hydrogen-bond acceptors (Lipinski definition) is 3. The summed E-state index contributed by atoms with van der Waals surface area (Å²) >= 11 is 0. The molecule has 116 valence electrons. The van der Waals surface area contributed by atoms with Crippen LogP contribution < -0.4 is 0 Å². The van der Waals surface area contributed by atoms with Crippen LogP contribution in [0.5, 0.6) is 0 Å². The molecule has 0 spiro atoms. The third-order valence-corrected chi connectivity index (χ3v) is 3.85. The molecule has 1 aliphatic heterocycles. The van der Waals surface area contributed by atoms with Crippen LogP contribution >= 0.6 is 0 Å². The zero-order chi connectivity index (χ0) is 15.2.